The summed E-state index contributed by atoms with van der Waals surface area (Å²) in [6, 6.07) is 5.29. The first-order valence-electron chi connectivity index (χ1n) is 7.06. The van der Waals surface area contributed by atoms with E-state index >= 15 is 0 Å². The summed E-state index contributed by atoms with van der Waals surface area (Å²) in [5, 5.41) is 0. The highest BCUT2D eigenvalue weighted by Crippen LogP contribution is 2.30. The Morgan fingerprint density at radius 3 is 2.50 bits per heavy atom. The Morgan fingerprint density at radius 2 is 1.89 bits per heavy atom. The van der Waals surface area contributed by atoms with E-state index in [1.807, 2.05) is 12.1 Å². The molecular formula is C16H25FO. The van der Waals surface area contributed by atoms with Gasteiger partial charge in [-0.2, -0.15) is 0 Å². The Kier molecular flexibility index (Phi) is 6.77. The molecule has 2 heteroatoms. The predicted octanol–water partition coefficient (Wildman–Crippen LogP) is 5.30. The van der Waals surface area contributed by atoms with Gasteiger partial charge in [0.05, 0.1) is 7.11 Å². The van der Waals surface area contributed by atoms with Crippen LogP contribution in [0.15, 0.2) is 18.2 Å². The van der Waals surface area contributed by atoms with E-state index < -0.39 is 0 Å². The average molecular weight is 252 g/mol. The second-order valence-electron chi connectivity index (χ2n) is 4.88. The lowest BCUT2D eigenvalue weighted by molar-refractivity contribution is 0.384. The summed E-state index contributed by atoms with van der Waals surface area (Å²) in [4.78, 5) is 0. The van der Waals surface area contributed by atoms with E-state index in [0.717, 1.165) is 6.42 Å². The van der Waals surface area contributed by atoms with Gasteiger partial charge >= 0.3 is 0 Å². The van der Waals surface area contributed by atoms with Crippen LogP contribution >= 0.6 is 0 Å². The van der Waals surface area contributed by atoms with E-state index in [1.54, 1.807) is 0 Å². The van der Waals surface area contributed by atoms with Gasteiger partial charge in [-0.3, -0.25) is 0 Å². The quantitative estimate of drug-likeness (QED) is 0.570. The third kappa shape index (κ3) is 4.32. The maximum atomic E-state index is 13.4. The minimum atomic E-state index is -0.273. The standard InChI is InChI=1S/C16H25FO/c1-4-6-7-9-13(8-5-2)14-10-11-15(17)16(12-14)18-3/h10-13H,4-9H2,1-3H3. The van der Waals surface area contributed by atoms with Crippen LogP contribution in [0.2, 0.25) is 0 Å². The van der Waals surface area contributed by atoms with Crippen molar-refractivity contribution in [2.75, 3.05) is 7.11 Å². The van der Waals surface area contributed by atoms with Crippen LogP contribution in [0.1, 0.15) is 63.9 Å². The number of methoxy groups -OCH3 is 1. The molecule has 0 saturated heterocycles. The van der Waals surface area contributed by atoms with Crippen molar-refractivity contribution < 1.29 is 9.13 Å². The van der Waals surface area contributed by atoms with Crippen molar-refractivity contribution in [3.8, 4) is 5.75 Å². The Balaban J connectivity index is 2.77. The molecule has 0 radical (unpaired) electrons. The number of unbranched alkanes of at least 4 members (excludes halogenated alkanes) is 2. The summed E-state index contributed by atoms with van der Waals surface area (Å²) in [5.41, 5.74) is 1.21. The van der Waals surface area contributed by atoms with E-state index in [0.29, 0.717) is 11.7 Å². The third-order valence-electron chi connectivity index (χ3n) is 3.44. The van der Waals surface area contributed by atoms with Gasteiger partial charge in [0.1, 0.15) is 0 Å². The van der Waals surface area contributed by atoms with Crippen LogP contribution in [0, 0.1) is 5.82 Å². The van der Waals surface area contributed by atoms with Gasteiger partial charge in [-0.25, -0.2) is 4.39 Å². The molecule has 1 aromatic rings. The monoisotopic (exact) mass is 252 g/mol. The Labute approximate surface area is 110 Å². The highest BCUT2D eigenvalue weighted by molar-refractivity contribution is 5.32. The molecule has 1 aromatic carbocycles. The molecular weight excluding hydrogens is 227 g/mol. The first-order valence-corrected chi connectivity index (χ1v) is 7.06. The Hall–Kier alpha value is -1.05. The fraction of sp³-hybridized carbons (Fsp3) is 0.625. The molecule has 0 fully saturated rings. The molecule has 0 aliphatic heterocycles. The zero-order chi connectivity index (χ0) is 13.4. The molecule has 0 aromatic heterocycles. The lowest BCUT2D eigenvalue weighted by Crippen LogP contribution is -2.00. The van der Waals surface area contributed by atoms with Crippen LogP contribution in [0.25, 0.3) is 0 Å². The minimum absolute atomic E-state index is 0.273. The van der Waals surface area contributed by atoms with E-state index in [4.69, 9.17) is 4.74 Å². The van der Waals surface area contributed by atoms with Gasteiger partial charge in [0, 0.05) is 0 Å². The van der Waals surface area contributed by atoms with E-state index in [9.17, 15) is 4.39 Å². The summed E-state index contributed by atoms with van der Waals surface area (Å²) < 4.78 is 18.5. The van der Waals surface area contributed by atoms with E-state index in [2.05, 4.69) is 13.8 Å². The zero-order valence-electron chi connectivity index (χ0n) is 11.8. The summed E-state index contributed by atoms with van der Waals surface area (Å²) in [6.45, 7) is 4.42. The molecule has 102 valence electrons. The second-order valence-corrected chi connectivity index (χ2v) is 4.88. The van der Waals surface area contributed by atoms with Gasteiger partial charge < -0.3 is 4.74 Å². The lowest BCUT2D eigenvalue weighted by Gasteiger charge is -2.17. The number of ether oxygens (including phenoxy) is 1. The molecule has 0 saturated carbocycles. The van der Waals surface area contributed by atoms with Crippen LogP contribution in [0.3, 0.4) is 0 Å². The SMILES string of the molecule is CCCCCC(CCC)c1ccc(F)c(OC)c1. The van der Waals surface area contributed by atoms with Crippen LogP contribution in [0.4, 0.5) is 4.39 Å². The predicted molar refractivity (Wildman–Crippen MR) is 74.7 cm³/mol. The smallest absolute Gasteiger partial charge is 0.165 e. The summed E-state index contributed by atoms with van der Waals surface area (Å²) in [7, 11) is 1.52. The van der Waals surface area contributed by atoms with Gasteiger partial charge in [0.15, 0.2) is 11.6 Å². The van der Waals surface area contributed by atoms with Crippen molar-refractivity contribution in [2.24, 2.45) is 0 Å². The molecule has 0 N–H and O–H groups in total. The average Bonchev–Trinajstić information content (AvgIpc) is 2.39. The normalized spacial score (nSPS) is 12.4. The molecule has 1 nitrogen and oxygen atoms in total. The molecule has 0 aliphatic carbocycles. The van der Waals surface area contributed by atoms with Gasteiger partial charge in [-0.1, -0.05) is 45.6 Å². The number of benzene rings is 1. The van der Waals surface area contributed by atoms with Crippen molar-refractivity contribution in [1.82, 2.24) is 0 Å². The van der Waals surface area contributed by atoms with Crippen molar-refractivity contribution >= 4 is 0 Å². The number of halogens is 1. The van der Waals surface area contributed by atoms with Crippen molar-refractivity contribution in [3.05, 3.63) is 29.6 Å². The van der Waals surface area contributed by atoms with E-state index in [1.165, 1.54) is 50.8 Å². The summed E-state index contributed by atoms with van der Waals surface area (Å²) in [6.07, 6.45) is 7.29. The molecule has 0 amide bonds. The molecule has 1 rings (SSSR count). The van der Waals surface area contributed by atoms with Crippen LogP contribution in [-0.4, -0.2) is 7.11 Å². The largest absolute Gasteiger partial charge is 0.494 e. The van der Waals surface area contributed by atoms with Gasteiger partial charge in [-0.05, 0) is 36.5 Å². The van der Waals surface area contributed by atoms with E-state index in [-0.39, 0.29) is 5.82 Å². The molecule has 0 bridgehead atoms. The second kappa shape index (κ2) is 8.12. The minimum Gasteiger partial charge on any atom is -0.494 e. The topological polar surface area (TPSA) is 9.23 Å². The van der Waals surface area contributed by atoms with Crippen molar-refractivity contribution in [1.29, 1.82) is 0 Å². The van der Waals surface area contributed by atoms with Crippen LogP contribution < -0.4 is 4.74 Å². The summed E-state index contributed by atoms with van der Waals surface area (Å²) >= 11 is 0. The lowest BCUT2D eigenvalue weighted by atomic mass is 9.89. The fourth-order valence-electron chi connectivity index (χ4n) is 2.40. The van der Waals surface area contributed by atoms with Gasteiger partial charge in [-0.15, -0.1) is 0 Å². The summed E-state index contributed by atoms with van der Waals surface area (Å²) in [5.74, 6) is 0.630. The Bertz CT molecular complexity index is 349. The molecule has 18 heavy (non-hydrogen) atoms. The molecule has 0 spiro atoms. The molecule has 1 atom stereocenters. The van der Waals surface area contributed by atoms with Gasteiger partial charge in [0.2, 0.25) is 0 Å². The first kappa shape index (κ1) is 15.0. The maximum absolute atomic E-state index is 13.4. The number of hydrogen-bond acceptors (Lipinski definition) is 1. The van der Waals surface area contributed by atoms with Crippen molar-refractivity contribution in [3.63, 3.8) is 0 Å². The first-order chi connectivity index (χ1) is 8.72. The number of hydrogen-bond donors (Lipinski definition) is 0. The molecule has 0 heterocycles. The van der Waals surface area contributed by atoms with Gasteiger partial charge in [0.25, 0.3) is 0 Å². The molecule has 0 aliphatic rings. The highest BCUT2D eigenvalue weighted by Gasteiger charge is 2.13. The molecule has 1 unspecified atom stereocenters. The highest BCUT2D eigenvalue weighted by atomic mass is 19.1. The third-order valence-corrected chi connectivity index (χ3v) is 3.44. The number of rotatable bonds is 8. The van der Waals surface area contributed by atoms with Crippen LogP contribution in [-0.2, 0) is 0 Å². The Morgan fingerprint density at radius 1 is 1.11 bits per heavy atom. The van der Waals surface area contributed by atoms with Crippen LogP contribution in [0.5, 0.6) is 5.75 Å². The van der Waals surface area contributed by atoms with Crippen molar-refractivity contribution in [2.45, 2.75) is 58.3 Å². The zero-order valence-corrected chi connectivity index (χ0v) is 11.8. The fourth-order valence-corrected chi connectivity index (χ4v) is 2.40. The maximum Gasteiger partial charge on any atom is 0.165 e.